The van der Waals surface area contributed by atoms with Gasteiger partial charge in [-0.1, -0.05) is 35.9 Å². The Morgan fingerprint density at radius 3 is 2.64 bits per heavy atom. The maximum Gasteiger partial charge on any atom is 0.262 e. The lowest BCUT2D eigenvalue weighted by Gasteiger charge is -2.09. The molecule has 0 spiro atoms. The van der Waals surface area contributed by atoms with E-state index in [1.165, 1.54) is 19.2 Å². The lowest BCUT2D eigenvalue weighted by atomic mass is 10.1. The molecule has 4 aromatic rings. The first-order valence-corrected chi connectivity index (χ1v) is 10.2. The van der Waals surface area contributed by atoms with E-state index in [1.807, 2.05) is 18.2 Å². The predicted molar refractivity (Wildman–Crippen MR) is 110 cm³/mol. The van der Waals surface area contributed by atoms with Gasteiger partial charge in [-0.25, -0.2) is 8.42 Å². The van der Waals surface area contributed by atoms with Crippen molar-refractivity contribution < 1.29 is 13.2 Å². The zero-order valence-electron chi connectivity index (χ0n) is 14.8. The molecular weight excluding hydrogens is 398 g/mol. The van der Waals surface area contributed by atoms with Gasteiger partial charge in [-0.05, 0) is 36.4 Å². The molecule has 2 N–H and O–H groups in total. The van der Waals surface area contributed by atoms with Crippen molar-refractivity contribution in [3.8, 4) is 17.0 Å². The summed E-state index contributed by atoms with van der Waals surface area (Å²) in [5, 5.41) is 8.72. The van der Waals surface area contributed by atoms with E-state index in [2.05, 4.69) is 14.9 Å². The van der Waals surface area contributed by atoms with Crippen molar-refractivity contribution in [1.29, 1.82) is 0 Å². The molecule has 0 saturated carbocycles. The van der Waals surface area contributed by atoms with Crippen LogP contribution in [0.25, 0.3) is 22.2 Å². The van der Waals surface area contributed by atoms with Crippen LogP contribution in [-0.4, -0.2) is 25.7 Å². The summed E-state index contributed by atoms with van der Waals surface area (Å²) in [7, 11) is -2.26. The van der Waals surface area contributed by atoms with Crippen LogP contribution in [0, 0.1) is 0 Å². The Labute approximate surface area is 167 Å². The first kappa shape index (κ1) is 18.3. The number of fused-ring (bicyclic) bond motifs is 1. The molecular formula is C20H16ClN3O3S. The molecule has 0 aliphatic heterocycles. The van der Waals surface area contributed by atoms with Crippen LogP contribution in [0.5, 0.6) is 5.75 Å². The summed E-state index contributed by atoms with van der Waals surface area (Å²) in [5.74, 6) is 0.469. The number of methoxy groups -OCH3 is 1. The van der Waals surface area contributed by atoms with Gasteiger partial charge >= 0.3 is 0 Å². The van der Waals surface area contributed by atoms with Crippen LogP contribution in [0.1, 0.15) is 0 Å². The summed E-state index contributed by atoms with van der Waals surface area (Å²) < 4.78 is 33.0. The third-order valence-corrected chi connectivity index (χ3v) is 6.00. The number of anilines is 1. The number of sulfonamides is 1. The minimum Gasteiger partial charge on any atom is -0.497 e. The Bertz CT molecular complexity index is 1270. The number of benzene rings is 3. The highest BCUT2D eigenvalue weighted by molar-refractivity contribution is 7.92. The lowest BCUT2D eigenvalue weighted by Crippen LogP contribution is -2.12. The van der Waals surface area contributed by atoms with Crippen molar-refractivity contribution >= 4 is 38.2 Å². The zero-order valence-corrected chi connectivity index (χ0v) is 16.4. The summed E-state index contributed by atoms with van der Waals surface area (Å²) >= 11 is 6.27. The number of hydrogen-bond acceptors (Lipinski definition) is 4. The standard InChI is InChI=1S/C20H16ClN3O3S/c1-27-14-5-4-6-15(12-14)28(25,26)24-13-9-10-17-19(11-13)22-23-20(17)16-7-2-3-8-18(16)21/h2-12,24H,1H3,(H,22,23). The average Bonchev–Trinajstić information content (AvgIpc) is 3.11. The van der Waals surface area contributed by atoms with Gasteiger partial charge in [0, 0.05) is 17.0 Å². The number of ether oxygens (including phenoxy) is 1. The van der Waals surface area contributed by atoms with Crippen molar-refractivity contribution in [3.05, 3.63) is 71.8 Å². The molecule has 3 aromatic carbocycles. The molecule has 8 heteroatoms. The second-order valence-electron chi connectivity index (χ2n) is 6.10. The van der Waals surface area contributed by atoms with E-state index in [0.29, 0.717) is 27.7 Å². The molecule has 0 bridgehead atoms. The fraction of sp³-hybridized carbons (Fsp3) is 0.0500. The second kappa shape index (κ2) is 7.18. The Morgan fingerprint density at radius 2 is 1.86 bits per heavy atom. The molecule has 6 nitrogen and oxygen atoms in total. The van der Waals surface area contributed by atoms with Gasteiger partial charge in [0.15, 0.2) is 0 Å². The normalized spacial score (nSPS) is 11.5. The molecule has 142 valence electrons. The Morgan fingerprint density at radius 1 is 1.04 bits per heavy atom. The van der Waals surface area contributed by atoms with Gasteiger partial charge in [0.2, 0.25) is 0 Å². The number of aromatic amines is 1. The highest BCUT2D eigenvalue weighted by atomic mass is 35.5. The Hall–Kier alpha value is -3.03. The third-order valence-electron chi connectivity index (χ3n) is 4.30. The quantitative estimate of drug-likeness (QED) is 0.497. The van der Waals surface area contributed by atoms with Crippen molar-refractivity contribution in [1.82, 2.24) is 10.2 Å². The van der Waals surface area contributed by atoms with E-state index in [9.17, 15) is 8.42 Å². The number of nitrogens with one attached hydrogen (secondary N) is 2. The van der Waals surface area contributed by atoms with E-state index in [1.54, 1.807) is 36.4 Å². The number of rotatable bonds is 5. The van der Waals surface area contributed by atoms with Gasteiger partial charge < -0.3 is 4.74 Å². The number of H-pyrrole nitrogens is 1. The van der Waals surface area contributed by atoms with Gasteiger partial charge in [-0.15, -0.1) is 0 Å². The summed E-state index contributed by atoms with van der Waals surface area (Å²) in [6, 6.07) is 18.9. The van der Waals surface area contributed by atoms with E-state index >= 15 is 0 Å². The number of halogens is 1. The van der Waals surface area contributed by atoms with Crippen LogP contribution >= 0.6 is 11.6 Å². The van der Waals surface area contributed by atoms with Gasteiger partial charge in [0.05, 0.1) is 28.2 Å². The van der Waals surface area contributed by atoms with Crippen LogP contribution in [0.15, 0.2) is 71.6 Å². The monoisotopic (exact) mass is 413 g/mol. The molecule has 0 aliphatic carbocycles. The topological polar surface area (TPSA) is 84.1 Å². The zero-order chi connectivity index (χ0) is 19.7. The Kier molecular flexibility index (Phi) is 4.70. The van der Waals surface area contributed by atoms with Crippen molar-refractivity contribution in [2.45, 2.75) is 4.90 Å². The first-order valence-electron chi connectivity index (χ1n) is 8.38. The average molecular weight is 414 g/mol. The van der Waals surface area contributed by atoms with Crippen LogP contribution < -0.4 is 9.46 Å². The van der Waals surface area contributed by atoms with E-state index in [4.69, 9.17) is 16.3 Å². The largest absolute Gasteiger partial charge is 0.497 e. The van der Waals surface area contributed by atoms with Crippen LogP contribution in [0.3, 0.4) is 0 Å². The molecule has 4 rings (SSSR count). The lowest BCUT2D eigenvalue weighted by molar-refractivity contribution is 0.413. The van der Waals surface area contributed by atoms with Gasteiger partial charge in [-0.2, -0.15) is 5.10 Å². The fourth-order valence-electron chi connectivity index (χ4n) is 2.92. The van der Waals surface area contributed by atoms with Gasteiger partial charge in [0.25, 0.3) is 10.0 Å². The third kappa shape index (κ3) is 3.42. The van der Waals surface area contributed by atoms with E-state index in [-0.39, 0.29) is 4.90 Å². The number of hydrogen-bond donors (Lipinski definition) is 2. The molecule has 0 aliphatic rings. The first-order chi connectivity index (χ1) is 13.5. The molecule has 1 aromatic heterocycles. The maximum atomic E-state index is 12.7. The molecule has 1 heterocycles. The number of aromatic nitrogens is 2. The van der Waals surface area contributed by atoms with E-state index in [0.717, 1.165) is 10.9 Å². The van der Waals surface area contributed by atoms with Crippen LogP contribution in [0.2, 0.25) is 5.02 Å². The van der Waals surface area contributed by atoms with Gasteiger partial charge in [-0.3, -0.25) is 9.82 Å². The molecule has 0 saturated heterocycles. The summed E-state index contributed by atoms with van der Waals surface area (Å²) in [6.07, 6.45) is 0. The molecule has 0 amide bonds. The highest BCUT2D eigenvalue weighted by Crippen LogP contribution is 2.33. The minimum atomic E-state index is -3.75. The van der Waals surface area contributed by atoms with E-state index < -0.39 is 10.0 Å². The maximum absolute atomic E-state index is 12.7. The van der Waals surface area contributed by atoms with Crippen molar-refractivity contribution in [2.75, 3.05) is 11.8 Å². The Balaban J connectivity index is 1.68. The summed E-state index contributed by atoms with van der Waals surface area (Å²) in [5.41, 5.74) is 2.63. The molecule has 0 atom stereocenters. The molecule has 28 heavy (non-hydrogen) atoms. The second-order valence-corrected chi connectivity index (χ2v) is 8.19. The van der Waals surface area contributed by atoms with Crippen LogP contribution in [-0.2, 0) is 10.0 Å². The molecule has 0 fully saturated rings. The SMILES string of the molecule is COc1cccc(S(=O)(=O)Nc2ccc3c(-c4ccccc4Cl)n[nH]c3c2)c1. The van der Waals surface area contributed by atoms with Crippen LogP contribution in [0.4, 0.5) is 5.69 Å². The molecule has 0 unspecified atom stereocenters. The van der Waals surface area contributed by atoms with Crippen molar-refractivity contribution in [3.63, 3.8) is 0 Å². The predicted octanol–water partition coefficient (Wildman–Crippen LogP) is 4.69. The molecule has 0 radical (unpaired) electrons. The summed E-state index contributed by atoms with van der Waals surface area (Å²) in [4.78, 5) is 0.119. The minimum absolute atomic E-state index is 0.119. The summed E-state index contributed by atoms with van der Waals surface area (Å²) in [6.45, 7) is 0. The fourth-order valence-corrected chi connectivity index (χ4v) is 4.23. The number of nitrogens with zero attached hydrogens (tertiary/aromatic N) is 1. The van der Waals surface area contributed by atoms with Gasteiger partial charge in [0.1, 0.15) is 11.4 Å². The smallest absolute Gasteiger partial charge is 0.262 e. The van der Waals surface area contributed by atoms with Crippen molar-refractivity contribution in [2.24, 2.45) is 0 Å². The highest BCUT2D eigenvalue weighted by Gasteiger charge is 2.17.